The number of fused-ring (bicyclic) bond motifs is 10. The van der Waals surface area contributed by atoms with Crippen molar-refractivity contribution in [3.05, 3.63) is 182 Å². The van der Waals surface area contributed by atoms with Gasteiger partial charge in [-0.05, 0) is 94.7 Å². The Balaban J connectivity index is 1.21. The fraction of sp³-hybridized carbons (Fsp3) is 0. The van der Waals surface area contributed by atoms with Crippen LogP contribution >= 0.6 is 0 Å². The predicted molar refractivity (Wildman–Crippen MR) is 218 cm³/mol. The maximum absolute atomic E-state index is 6.86. The number of furan rings is 1. The Morgan fingerprint density at radius 3 is 1.49 bits per heavy atom. The highest BCUT2D eigenvalue weighted by Crippen LogP contribution is 2.47. The third kappa shape index (κ3) is 4.16. The van der Waals surface area contributed by atoms with Gasteiger partial charge in [-0.3, -0.25) is 0 Å². The van der Waals surface area contributed by atoms with Crippen LogP contribution in [0.15, 0.2) is 186 Å². The Hall–Kier alpha value is -6.70. The Labute approximate surface area is 294 Å². The minimum absolute atomic E-state index is 0.940. The van der Waals surface area contributed by atoms with Gasteiger partial charge in [0.05, 0.1) is 0 Å². The molecule has 0 aliphatic rings. The molecule has 0 atom stereocenters. The van der Waals surface area contributed by atoms with E-state index in [9.17, 15) is 0 Å². The van der Waals surface area contributed by atoms with Crippen LogP contribution < -0.4 is 0 Å². The van der Waals surface area contributed by atoms with Gasteiger partial charge in [0.1, 0.15) is 11.2 Å². The third-order valence-corrected chi connectivity index (χ3v) is 10.8. The van der Waals surface area contributed by atoms with Gasteiger partial charge in [-0.25, -0.2) is 0 Å². The molecular weight excluding hydrogens is 617 g/mol. The molecule has 0 saturated heterocycles. The number of benzene rings is 10. The van der Waals surface area contributed by atoms with Crippen molar-refractivity contribution in [1.29, 1.82) is 0 Å². The van der Waals surface area contributed by atoms with E-state index in [1.807, 2.05) is 0 Å². The fourth-order valence-corrected chi connectivity index (χ4v) is 8.58. The van der Waals surface area contributed by atoms with Crippen LogP contribution in [0.3, 0.4) is 0 Å². The summed E-state index contributed by atoms with van der Waals surface area (Å²) in [7, 11) is 0. The highest BCUT2D eigenvalue weighted by atomic mass is 16.3. The standard InChI is InChI=1S/C50H30O/c1-4-19-36-31(13-1)16-12-26-39(36)47-42-24-9-7-22-40(42)46(41-23-8-10-25-43(41)47)35-18-11-17-33(29-35)45-30-34-15-3-6-21-38(34)50-48(45)44-28-27-32-14-2-5-20-37(32)49(44)51-50/h1-30H. The van der Waals surface area contributed by atoms with Gasteiger partial charge in [0.2, 0.25) is 0 Å². The Bertz CT molecular complexity index is 3130. The van der Waals surface area contributed by atoms with Crippen LogP contribution in [0.25, 0.3) is 109 Å². The molecule has 1 heteroatoms. The molecule has 0 N–H and O–H groups in total. The second-order valence-electron chi connectivity index (χ2n) is 13.6. The molecule has 1 heterocycles. The Kier molecular flexibility index (Phi) is 6.02. The van der Waals surface area contributed by atoms with Gasteiger partial charge >= 0.3 is 0 Å². The SMILES string of the molecule is c1cc(-c2c3ccccc3c(-c3cccc4ccccc34)c3ccccc23)cc(-c2cc3ccccc3c3oc4c5ccccc5ccc4c23)c1. The minimum Gasteiger partial charge on any atom is -0.455 e. The third-order valence-electron chi connectivity index (χ3n) is 10.8. The smallest absolute Gasteiger partial charge is 0.143 e. The number of hydrogen-bond donors (Lipinski definition) is 0. The van der Waals surface area contributed by atoms with Gasteiger partial charge < -0.3 is 4.42 Å². The van der Waals surface area contributed by atoms with Crippen LogP contribution in [0.5, 0.6) is 0 Å². The van der Waals surface area contributed by atoms with E-state index >= 15 is 0 Å². The summed E-state index contributed by atoms with van der Waals surface area (Å²) in [6, 6.07) is 66.3. The van der Waals surface area contributed by atoms with E-state index in [0.717, 1.165) is 32.7 Å². The van der Waals surface area contributed by atoms with Gasteiger partial charge in [-0.2, -0.15) is 0 Å². The van der Waals surface area contributed by atoms with Crippen molar-refractivity contribution in [1.82, 2.24) is 0 Å². The van der Waals surface area contributed by atoms with Crippen LogP contribution in [0, 0.1) is 0 Å². The Morgan fingerprint density at radius 1 is 0.275 bits per heavy atom. The molecule has 0 saturated carbocycles. The first-order valence-electron chi connectivity index (χ1n) is 17.6. The first kappa shape index (κ1) is 28.2. The summed E-state index contributed by atoms with van der Waals surface area (Å²) in [4.78, 5) is 0. The summed E-state index contributed by atoms with van der Waals surface area (Å²) in [5.41, 5.74) is 9.24. The predicted octanol–water partition coefficient (Wildman–Crippen LogP) is 14.4. The summed E-state index contributed by atoms with van der Waals surface area (Å²) in [5, 5.41) is 14.5. The normalized spacial score (nSPS) is 11.9. The molecule has 0 aliphatic heterocycles. The van der Waals surface area contributed by atoms with Crippen molar-refractivity contribution < 1.29 is 4.42 Å². The van der Waals surface area contributed by atoms with Gasteiger partial charge in [0, 0.05) is 21.5 Å². The molecule has 0 spiro atoms. The van der Waals surface area contributed by atoms with E-state index in [0.29, 0.717) is 0 Å². The lowest BCUT2D eigenvalue weighted by atomic mass is 9.84. The maximum atomic E-state index is 6.86. The molecule has 0 bridgehead atoms. The topological polar surface area (TPSA) is 13.1 Å². The molecule has 11 aromatic rings. The molecule has 0 unspecified atom stereocenters. The quantitative estimate of drug-likeness (QED) is 0.174. The fourth-order valence-electron chi connectivity index (χ4n) is 8.58. The van der Waals surface area contributed by atoms with Crippen LogP contribution in [0.4, 0.5) is 0 Å². The zero-order valence-electron chi connectivity index (χ0n) is 27.7. The zero-order valence-corrected chi connectivity index (χ0v) is 27.7. The molecule has 0 aliphatic carbocycles. The van der Waals surface area contributed by atoms with Crippen molar-refractivity contribution in [3.8, 4) is 33.4 Å². The van der Waals surface area contributed by atoms with E-state index < -0.39 is 0 Å². The van der Waals surface area contributed by atoms with E-state index in [1.165, 1.54) is 76.5 Å². The second kappa shape index (κ2) is 10.9. The van der Waals surface area contributed by atoms with Gasteiger partial charge in [-0.15, -0.1) is 0 Å². The Morgan fingerprint density at radius 2 is 0.784 bits per heavy atom. The van der Waals surface area contributed by atoms with E-state index in [1.54, 1.807) is 0 Å². The summed E-state index contributed by atoms with van der Waals surface area (Å²) in [5.74, 6) is 0. The molecule has 0 amide bonds. The van der Waals surface area contributed by atoms with Gasteiger partial charge in [-0.1, -0.05) is 164 Å². The van der Waals surface area contributed by atoms with Crippen LogP contribution in [-0.2, 0) is 0 Å². The average Bonchev–Trinajstić information content (AvgIpc) is 3.60. The van der Waals surface area contributed by atoms with E-state index in [4.69, 9.17) is 4.42 Å². The largest absolute Gasteiger partial charge is 0.455 e. The highest BCUT2D eigenvalue weighted by Gasteiger charge is 2.21. The average molecular weight is 647 g/mol. The van der Waals surface area contributed by atoms with Gasteiger partial charge in [0.15, 0.2) is 0 Å². The lowest BCUT2D eigenvalue weighted by Gasteiger charge is -2.19. The lowest BCUT2D eigenvalue weighted by molar-refractivity contribution is 0.676. The van der Waals surface area contributed by atoms with E-state index in [2.05, 4.69) is 182 Å². The summed E-state index contributed by atoms with van der Waals surface area (Å²) in [6.45, 7) is 0. The van der Waals surface area contributed by atoms with Crippen molar-refractivity contribution in [2.75, 3.05) is 0 Å². The van der Waals surface area contributed by atoms with Crippen LogP contribution in [0.1, 0.15) is 0 Å². The van der Waals surface area contributed by atoms with E-state index in [-0.39, 0.29) is 0 Å². The van der Waals surface area contributed by atoms with Crippen LogP contribution in [0.2, 0.25) is 0 Å². The molecule has 1 aromatic heterocycles. The molecule has 51 heavy (non-hydrogen) atoms. The zero-order chi connectivity index (χ0) is 33.5. The minimum atomic E-state index is 0.940. The molecule has 11 rings (SSSR count). The van der Waals surface area contributed by atoms with Crippen molar-refractivity contribution in [2.24, 2.45) is 0 Å². The van der Waals surface area contributed by atoms with Crippen molar-refractivity contribution in [2.45, 2.75) is 0 Å². The first-order valence-corrected chi connectivity index (χ1v) is 17.6. The molecule has 0 fully saturated rings. The van der Waals surface area contributed by atoms with Crippen molar-refractivity contribution in [3.63, 3.8) is 0 Å². The molecule has 236 valence electrons. The highest BCUT2D eigenvalue weighted by molar-refractivity contribution is 6.26. The second-order valence-corrected chi connectivity index (χ2v) is 13.6. The number of hydrogen-bond acceptors (Lipinski definition) is 1. The van der Waals surface area contributed by atoms with Crippen LogP contribution in [-0.4, -0.2) is 0 Å². The lowest BCUT2D eigenvalue weighted by Crippen LogP contribution is -1.92. The molecule has 0 radical (unpaired) electrons. The summed E-state index contributed by atoms with van der Waals surface area (Å²) < 4.78 is 6.86. The molecular formula is C50H30O. The summed E-state index contributed by atoms with van der Waals surface area (Å²) >= 11 is 0. The number of rotatable bonds is 3. The molecule has 1 nitrogen and oxygen atoms in total. The maximum Gasteiger partial charge on any atom is 0.143 e. The molecule has 10 aromatic carbocycles. The monoisotopic (exact) mass is 646 g/mol. The van der Waals surface area contributed by atoms with Gasteiger partial charge in [0.25, 0.3) is 0 Å². The van der Waals surface area contributed by atoms with Crippen molar-refractivity contribution >= 4 is 75.8 Å². The first-order chi connectivity index (χ1) is 25.3. The summed E-state index contributed by atoms with van der Waals surface area (Å²) in [6.07, 6.45) is 0.